The van der Waals surface area contributed by atoms with Crippen LogP contribution in [-0.4, -0.2) is 11.7 Å². The predicted octanol–water partition coefficient (Wildman–Crippen LogP) is 4.59. The third-order valence-corrected chi connectivity index (χ3v) is 3.86. The fourth-order valence-corrected chi connectivity index (χ4v) is 2.29. The molecule has 3 heteroatoms. The van der Waals surface area contributed by atoms with Crippen molar-refractivity contribution in [2.45, 2.75) is 19.4 Å². The number of hydrogen-bond acceptors (Lipinski definition) is 2. The van der Waals surface area contributed by atoms with Crippen molar-refractivity contribution in [3.05, 3.63) is 64.6 Å². The molecule has 0 aromatic heterocycles. The second-order valence-electron chi connectivity index (χ2n) is 4.92. The zero-order chi connectivity index (χ0) is 14.4. The number of hydrogen-bond donors (Lipinski definition) is 1. The highest BCUT2D eigenvalue weighted by Gasteiger charge is 2.15. The second kappa shape index (κ2) is 7.46. The lowest BCUT2D eigenvalue weighted by Crippen LogP contribution is -2.12. The van der Waals surface area contributed by atoms with Crippen molar-refractivity contribution in [3.8, 4) is 5.75 Å². The number of rotatable bonds is 6. The third-order valence-electron chi connectivity index (χ3n) is 3.34. The Kier molecular flexibility index (Phi) is 5.62. The zero-order valence-corrected chi connectivity index (χ0v) is 13.1. The standard InChI is InChI=1S/C17H19BrO2/c1-13(17(19)14-5-3-2-4-6-14)11-12-20-16-9-7-15(18)8-10-16/h2-10,13,17,19H,11-12H2,1H3. The van der Waals surface area contributed by atoms with Crippen LogP contribution in [0.5, 0.6) is 5.75 Å². The SMILES string of the molecule is CC(CCOc1ccc(Br)cc1)C(O)c1ccccc1. The van der Waals surface area contributed by atoms with Crippen molar-refractivity contribution in [2.75, 3.05) is 6.61 Å². The summed E-state index contributed by atoms with van der Waals surface area (Å²) in [5.41, 5.74) is 0.962. The van der Waals surface area contributed by atoms with E-state index < -0.39 is 6.10 Å². The molecule has 0 amide bonds. The van der Waals surface area contributed by atoms with Crippen LogP contribution in [0.3, 0.4) is 0 Å². The van der Waals surface area contributed by atoms with Gasteiger partial charge in [-0.05, 0) is 42.2 Å². The molecule has 2 atom stereocenters. The Balaban J connectivity index is 1.80. The van der Waals surface area contributed by atoms with Gasteiger partial charge >= 0.3 is 0 Å². The molecule has 0 saturated carbocycles. The van der Waals surface area contributed by atoms with E-state index in [1.54, 1.807) is 0 Å². The summed E-state index contributed by atoms with van der Waals surface area (Å²) in [4.78, 5) is 0. The summed E-state index contributed by atoms with van der Waals surface area (Å²) in [5, 5.41) is 10.3. The monoisotopic (exact) mass is 334 g/mol. The normalized spacial score (nSPS) is 13.8. The summed E-state index contributed by atoms with van der Waals surface area (Å²) in [7, 11) is 0. The van der Waals surface area contributed by atoms with Crippen LogP contribution in [0, 0.1) is 5.92 Å². The smallest absolute Gasteiger partial charge is 0.119 e. The van der Waals surface area contributed by atoms with Crippen molar-refractivity contribution in [1.82, 2.24) is 0 Å². The molecule has 1 N–H and O–H groups in total. The number of aliphatic hydroxyl groups is 1. The topological polar surface area (TPSA) is 29.5 Å². The minimum atomic E-state index is -0.440. The van der Waals surface area contributed by atoms with Crippen molar-refractivity contribution in [1.29, 1.82) is 0 Å². The molecule has 2 nitrogen and oxygen atoms in total. The first-order valence-electron chi connectivity index (χ1n) is 6.78. The van der Waals surface area contributed by atoms with Crippen LogP contribution in [-0.2, 0) is 0 Å². The molecule has 0 aliphatic rings. The van der Waals surface area contributed by atoms with Crippen LogP contribution >= 0.6 is 15.9 Å². The molecule has 2 rings (SSSR count). The van der Waals surface area contributed by atoms with Crippen molar-refractivity contribution >= 4 is 15.9 Å². The summed E-state index contributed by atoms with van der Waals surface area (Å²) >= 11 is 3.39. The third kappa shape index (κ3) is 4.36. The Hall–Kier alpha value is -1.32. The van der Waals surface area contributed by atoms with Crippen LogP contribution in [0.15, 0.2) is 59.1 Å². The number of benzene rings is 2. The van der Waals surface area contributed by atoms with Gasteiger partial charge in [0, 0.05) is 4.47 Å². The number of ether oxygens (including phenoxy) is 1. The maximum Gasteiger partial charge on any atom is 0.119 e. The largest absolute Gasteiger partial charge is 0.494 e. The van der Waals surface area contributed by atoms with Crippen LogP contribution in [0.25, 0.3) is 0 Å². The highest BCUT2D eigenvalue weighted by atomic mass is 79.9. The molecular weight excluding hydrogens is 316 g/mol. The van der Waals surface area contributed by atoms with E-state index in [2.05, 4.69) is 15.9 Å². The van der Waals surface area contributed by atoms with E-state index in [0.717, 1.165) is 22.2 Å². The molecule has 2 aromatic rings. The molecule has 0 spiro atoms. The summed E-state index contributed by atoms with van der Waals surface area (Å²) in [6, 6.07) is 17.5. The van der Waals surface area contributed by atoms with Gasteiger partial charge in [-0.3, -0.25) is 0 Å². The Labute approximate surface area is 128 Å². The van der Waals surface area contributed by atoms with Gasteiger partial charge in [0.15, 0.2) is 0 Å². The second-order valence-corrected chi connectivity index (χ2v) is 5.84. The van der Waals surface area contributed by atoms with Crippen LogP contribution < -0.4 is 4.74 Å². The van der Waals surface area contributed by atoms with Gasteiger partial charge in [0.1, 0.15) is 5.75 Å². The lowest BCUT2D eigenvalue weighted by atomic mass is 9.95. The van der Waals surface area contributed by atoms with E-state index in [-0.39, 0.29) is 5.92 Å². The van der Waals surface area contributed by atoms with E-state index in [9.17, 15) is 5.11 Å². The molecular formula is C17H19BrO2. The maximum atomic E-state index is 10.3. The Bertz CT molecular complexity index is 510. The molecule has 2 unspecified atom stereocenters. The fourth-order valence-electron chi connectivity index (χ4n) is 2.03. The first-order valence-corrected chi connectivity index (χ1v) is 7.57. The van der Waals surface area contributed by atoms with Crippen LogP contribution in [0.1, 0.15) is 25.0 Å². The van der Waals surface area contributed by atoms with E-state index in [1.807, 2.05) is 61.5 Å². The average Bonchev–Trinajstić information content (AvgIpc) is 2.49. The van der Waals surface area contributed by atoms with E-state index in [4.69, 9.17) is 4.74 Å². The van der Waals surface area contributed by atoms with Gasteiger partial charge in [0.05, 0.1) is 12.7 Å². The lowest BCUT2D eigenvalue weighted by Gasteiger charge is -2.19. The summed E-state index contributed by atoms with van der Waals surface area (Å²) in [5.74, 6) is 1.02. The molecule has 0 heterocycles. The molecule has 0 aliphatic carbocycles. The highest BCUT2D eigenvalue weighted by molar-refractivity contribution is 9.10. The zero-order valence-electron chi connectivity index (χ0n) is 11.5. The fraction of sp³-hybridized carbons (Fsp3) is 0.294. The van der Waals surface area contributed by atoms with Gasteiger partial charge in [-0.25, -0.2) is 0 Å². The van der Waals surface area contributed by atoms with Crippen molar-refractivity contribution < 1.29 is 9.84 Å². The predicted molar refractivity (Wildman–Crippen MR) is 84.8 cm³/mol. The van der Waals surface area contributed by atoms with Gasteiger partial charge in [0.2, 0.25) is 0 Å². The molecule has 0 aliphatic heterocycles. The summed E-state index contributed by atoms with van der Waals surface area (Å²) in [6.07, 6.45) is 0.372. The van der Waals surface area contributed by atoms with E-state index in [0.29, 0.717) is 6.61 Å². The minimum Gasteiger partial charge on any atom is -0.494 e. The molecule has 0 saturated heterocycles. The van der Waals surface area contributed by atoms with Gasteiger partial charge in [-0.1, -0.05) is 53.2 Å². The Morgan fingerprint density at radius 3 is 2.35 bits per heavy atom. The molecule has 0 radical (unpaired) electrons. The highest BCUT2D eigenvalue weighted by Crippen LogP contribution is 2.24. The quantitative estimate of drug-likeness (QED) is 0.837. The maximum absolute atomic E-state index is 10.3. The molecule has 2 aromatic carbocycles. The van der Waals surface area contributed by atoms with Gasteiger partial charge in [0.25, 0.3) is 0 Å². The van der Waals surface area contributed by atoms with Gasteiger partial charge in [-0.2, -0.15) is 0 Å². The summed E-state index contributed by atoms with van der Waals surface area (Å²) < 4.78 is 6.73. The number of aliphatic hydroxyl groups excluding tert-OH is 1. The van der Waals surface area contributed by atoms with Gasteiger partial charge in [-0.15, -0.1) is 0 Å². The van der Waals surface area contributed by atoms with Crippen LogP contribution in [0.2, 0.25) is 0 Å². The van der Waals surface area contributed by atoms with Crippen molar-refractivity contribution in [3.63, 3.8) is 0 Å². The molecule has 0 bridgehead atoms. The van der Waals surface area contributed by atoms with E-state index in [1.165, 1.54) is 0 Å². The van der Waals surface area contributed by atoms with Gasteiger partial charge < -0.3 is 9.84 Å². The van der Waals surface area contributed by atoms with E-state index >= 15 is 0 Å². The first-order chi connectivity index (χ1) is 9.66. The number of halogens is 1. The minimum absolute atomic E-state index is 0.160. The molecule has 106 valence electrons. The lowest BCUT2D eigenvalue weighted by molar-refractivity contribution is 0.102. The average molecular weight is 335 g/mol. The van der Waals surface area contributed by atoms with Crippen molar-refractivity contribution in [2.24, 2.45) is 5.92 Å². The molecule has 0 fully saturated rings. The summed E-state index contributed by atoms with van der Waals surface area (Å²) in [6.45, 7) is 2.65. The first kappa shape index (κ1) is 15.1. The Morgan fingerprint density at radius 2 is 1.70 bits per heavy atom. The molecule has 20 heavy (non-hydrogen) atoms. The Morgan fingerprint density at radius 1 is 1.05 bits per heavy atom. The van der Waals surface area contributed by atoms with Crippen LogP contribution in [0.4, 0.5) is 0 Å².